The lowest BCUT2D eigenvalue weighted by Crippen LogP contribution is -2.34. The lowest BCUT2D eigenvalue weighted by atomic mass is 10.0. The summed E-state index contributed by atoms with van der Waals surface area (Å²) in [5, 5.41) is 7.38. The summed E-state index contributed by atoms with van der Waals surface area (Å²) in [5.74, 6) is 0.416. The van der Waals surface area contributed by atoms with Crippen LogP contribution in [0.5, 0.6) is 5.75 Å². The van der Waals surface area contributed by atoms with Gasteiger partial charge < -0.3 is 10.1 Å². The summed E-state index contributed by atoms with van der Waals surface area (Å²) >= 11 is 0. The SMILES string of the molecule is CC[C@H](C(=O)Nc1ccc(OC)cc1)n1nc(-c2cc(C)ccc2C)ccc1=O. The Morgan fingerprint density at radius 1 is 1.10 bits per heavy atom. The number of nitrogens with zero attached hydrogens (tertiary/aromatic N) is 2. The van der Waals surface area contributed by atoms with E-state index in [1.165, 1.54) is 10.7 Å². The molecule has 6 heteroatoms. The number of ether oxygens (including phenoxy) is 1. The van der Waals surface area contributed by atoms with Gasteiger partial charge in [-0.25, -0.2) is 4.68 Å². The van der Waals surface area contributed by atoms with Crippen LogP contribution in [-0.2, 0) is 4.79 Å². The van der Waals surface area contributed by atoms with Crippen LogP contribution in [-0.4, -0.2) is 22.8 Å². The van der Waals surface area contributed by atoms with E-state index in [2.05, 4.69) is 10.4 Å². The Balaban J connectivity index is 1.93. The number of nitrogens with one attached hydrogen (secondary N) is 1. The summed E-state index contributed by atoms with van der Waals surface area (Å²) in [5.41, 5.74) is 4.10. The number of carbonyl (C=O) groups excluding carboxylic acids is 1. The molecule has 1 atom stereocenters. The van der Waals surface area contributed by atoms with Gasteiger partial charge in [0.1, 0.15) is 11.8 Å². The zero-order valence-corrected chi connectivity index (χ0v) is 17.1. The Labute approximate surface area is 170 Å². The molecule has 1 heterocycles. The predicted octanol–water partition coefficient (Wildman–Crippen LogP) is 4.13. The molecule has 1 N–H and O–H groups in total. The minimum atomic E-state index is -0.713. The predicted molar refractivity (Wildman–Crippen MR) is 114 cm³/mol. The Hall–Kier alpha value is -3.41. The van der Waals surface area contributed by atoms with E-state index in [1.807, 2.05) is 39.0 Å². The molecule has 0 saturated heterocycles. The standard InChI is InChI=1S/C23H25N3O3/c1-5-21(23(28)24-17-8-10-18(29-4)11-9-17)26-22(27)13-12-20(25-26)19-14-15(2)6-7-16(19)3/h6-14,21H,5H2,1-4H3,(H,24,28)/t21-/m1/s1. The van der Waals surface area contributed by atoms with E-state index in [9.17, 15) is 9.59 Å². The molecule has 0 saturated carbocycles. The van der Waals surface area contributed by atoms with E-state index in [0.717, 1.165) is 16.7 Å². The first-order valence-corrected chi connectivity index (χ1v) is 9.55. The van der Waals surface area contributed by atoms with Crippen LogP contribution in [0.1, 0.15) is 30.5 Å². The highest BCUT2D eigenvalue weighted by Crippen LogP contribution is 2.23. The Morgan fingerprint density at radius 2 is 1.83 bits per heavy atom. The molecule has 0 aliphatic rings. The quantitative estimate of drug-likeness (QED) is 0.686. The average molecular weight is 391 g/mol. The Bertz CT molecular complexity index is 1070. The van der Waals surface area contributed by atoms with Crippen molar-refractivity contribution in [3.8, 4) is 17.0 Å². The number of aromatic nitrogens is 2. The van der Waals surface area contributed by atoms with Crippen LogP contribution < -0.4 is 15.6 Å². The first-order valence-electron chi connectivity index (χ1n) is 9.55. The average Bonchev–Trinajstić information content (AvgIpc) is 2.72. The van der Waals surface area contributed by atoms with Crippen molar-refractivity contribution in [1.29, 1.82) is 0 Å². The van der Waals surface area contributed by atoms with Gasteiger partial charge in [-0.2, -0.15) is 5.10 Å². The van der Waals surface area contributed by atoms with Crippen molar-refractivity contribution in [3.05, 3.63) is 76.1 Å². The third-order valence-electron chi connectivity index (χ3n) is 4.84. The molecule has 3 aromatic rings. The Morgan fingerprint density at radius 3 is 2.48 bits per heavy atom. The molecule has 1 aromatic heterocycles. The minimum Gasteiger partial charge on any atom is -0.497 e. The third kappa shape index (κ3) is 4.54. The largest absolute Gasteiger partial charge is 0.497 e. The van der Waals surface area contributed by atoms with Gasteiger partial charge in [-0.3, -0.25) is 9.59 Å². The summed E-state index contributed by atoms with van der Waals surface area (Å²) in [7, 11) is 1.59. The second-order valence-corrected chi connectivity index (χ2v) is 6.96. The highest BCUT2D eigenvalue weighted by Gasteiger charge is 2.22. The maximum atomic E-state index is 12.9. The molecule has 0 unspecified atom stereocenters. The topological polar surface area (TPSA) is 73.2 Å². The van der Waals surface area contributed by atoms with E-state index < -0.39 is 6.04 Å². The van der Waals surface area contributed by atoms with Crippen LogP contribution in [0.3, 0.4) is 0 Å². The summed E-state index contributed by atoms with van der Waals surface area (Å²) in [4.78, 5) is 25.4. The fraction of sp³-hybridized carbons (Fsp3) is 0.261. The fourth-order valence-electron chi connectivity index (χ4n) is 3.17. The third-order valence-corrected chi connectivity index (χ3v) is 4.84. The van der Waals surface area contributed by atoms with Crippen molar-refractivity contribution in [1.82, 2.24) is 9.78 Å². The van der Waals surface area contributed by atoms with Crippen molar-refractivity contribution in [2.45, 2.75) is 33.2 Å². The monoisotopic (exact) mass is 391 g/mol. The van der Waals surface area contributed by atoms with Crippen LogP contribution >= 0.6 is 0 Å². The lowest BCUT2D eigenvalue weighted by Gasteiger charge is -2.18. The number of carbonyl (C=O) groups is 1. The van der Waals surface area contributed by atoms with Crippen LogP contribution in [0.4, 0.5) is 5.69 Å². The number of rotatable bonds is 6. The van der Waals surface area contributed by atoms with Crippen LogP contribution in [0.2, 0.25) is 0 Å². The molecule has 0 spiro atoms. The number of anilines is 1. The smallest absolute Gasteiger partial charge is 0.267 e. The molecule has 0 bridgehead atoms. The van der Waals surface area contributed by atoms with E-state index in [0.29, 0.717) is 23.6 Å². The number of benzene rings is 2. The van der Waals surface area contributed by atoms with Gasteiger partial charge in [0.05, 0.1) is 12.8 Å². The zero-order valence-electron chi connectivity index (χ0n) is 17.1. The summed E-state index contributed by atoms with van der Waals surface area (Å²) in [6.45, 7) is 5.87. The van der Waals surface area contributed by atoms with E-state index >= 15 is 0 Å². The molecule has 29 heavy (non-hydrogen) atoms. The number of amides is 1. The molecule has 0 radical (unpaired) electrons. The normalized spacial score (nSPS) is 11.7. The fourth-order valence-corrected chi connectivity index (χ4v) is 3.17. The van der Waals surface area contributed by atoms with Crippen molar-refractivity contribution in [2.75, 3.05) is 12.4 Å². The molecule has 0 aliphatic carbocycles. The summed E-state index contributed by atoms with van der Waals surface area (Å²) < 4.78 is 6.41. The van der Waals surface area contributed by atoms with Crippen LogP contribution in [0.25, 0.3) is 11.3 Å². The second kappa shape index (κ2) is 8.73. The van der Waals surface area contributed by atoms with Gasteiger partial charge in [0.2, 0.25) is 5.91 Å². The molecule has 6 nitrogen and oxygen atoms in total. The summed E-state index contributed by atoms with van der Waals surface area (Å²) in [6, 6.07) is 15.6. The van der Waals surface area contributed by atoms with Gasteiger partial charge in [-0.15, -0.1) is 0 Å². The maximum absolute atomic E-state index is 12.9. The van der Waals surface area contributed by atoms with Crippen LogP contribution in [0, 0.1) is 13.8 Å². The van der Waals surface area contributed by atoms with Crippen molar-refractivity contribution in [3.63, 3.8) is 0 Å². The van der Waals surface area contributed by atoms with E-state index in [1.54, 1.807) is 37.4 Å². The molecule has 2 aromatic carbocycles. The molecule has 0 fully saturated rings. The van der Waals surface area contributed by atoms with E-state index in [-0.39, 0.29) is 11.5 Å². The highest BCUT2D eigenvalue weighted by atomic mass is 16.5. The molecule has 1 amide bonds. The van der Waals surface area contributed by atoms with Gasteiger partial charge >= 0.3 is 0 Å². The molecule has 3 rings (SSSR count). The molecular formula is C23H25N3O3. The van der Waals surface area contributed by atoms with Crippen molar-refractivity contribution < 1.29 is 9.53 Å². The van der Waals surface area contributed by atoms with Gasteiger partial charge in [0.15, 0.2) is 0 Å². The zero-order chi connectivity index (χ0) is 21.0. The first-order chi connectivity index (χ1) is 13.9. The number of hydrogen-bond acceptors (Lipinski definition) is 4. The number of hydrogen-bond donors (Lipinski definition) is 1. The van der Waals surface area contributed by atoms with Crippen LogP contribution in [0.15, 0.2) is 59.4 Å². The number of methoxy groups -OCH3 is 1. The highest BCUT2D eigenvalue weighted by molar-refractivity contribution is 5.93. The molecule has 0 aliphatic heterocycles. The van der Waals surface area contributed by atoms with Gasteiger partial charge in [-0.05, 0) is 62.2 Å². The number of aryl methyl sites for hydroxylation is 2. The first kappa shape index (κ1) is 20.3. The Kier molecular flexibility index (Phi) is 6.12. The summed E-state index contributed by atoms with van der Waals surface area (Å²) in [6.07, 6.45) is 0.436. The van der Waals surface area contributed by atoms with E-state index in [4.69, 9.17) is 4.74 Å². The second-order valence-electron chi connectivity index (χ2n) is 6.96. The van der Waals surface area contributed by atoms with Gasteiger partial charge in [-0.1, -0.05) is 24.6 Å². The lowest BCUT2D eigenvalue weighted by molar-refractivity contribution is -0.119. The molecular weight excluding hydrogens is 366 g/mol. The minimum absolute atomic E-state index is 0.287. The van der Waals surface area contributed by atoms with Gasteiger partial charge in [0, 0.05) is 17.3 Å². The van der Waals surface area contributed by atoms with Crippen molar-refractivity contribution >= 4 is 11.6 Å². The molecule has 150 valence electrons. The van der Waals surface area contributed by atoms with Crippen molar-refractivity contribution in [2.24, 2.45) is 0 Å². The van der Waals surface area contributed by atoms with Gasteiger partial charge in [0.25, 0.3) is 5.56 Å². The maximum Gasteiger partial charge on any atom is 0.267 e.